The van der Waals surface area contributed by atoms with Crippen molar-refractivity contribution >= 4 is 11.3 Å². The van der Waals surface area contributed by atoms with Crippen molar-refractivity contribution in [3.8, 4) is 0 Å². The molecule has 1 aliphatic carbocycles. The maximum absolute atomic E-state index is 6.36. The zero-order valence-corrected chi connectivity index (χ0v) is 11.3. The van der Waals surface area contributed by atoms with Gasteiger partial charge in [0.1, 0.15) is 0 Å². The predicted molar refractivity (Wildman–Crippen MR) is 69.7 cm³/mol. The van der Waals surface area contributed by atoms with Gasteiger partial charge in [0.2, 0.25) is 0 Å². The molecule has 1 heterocycles. The van der Waals surface area contributed by atoms with Crippen LogP contribution in [0.5, 0.6) is 0 Å². The van der Waals surface area contributed by atoms with Crippen molar-refractivity contribution in [1.29, 1.82) is 0 Å². The lowest BCUT2D eigenvalue weighted by atomic mass is 9.77. The van der Waals surface area contributed by atoms with Gasteiger partial charge in [-0.05, 0) is 31.1 Å². The Morgan fingerprint density at radius 2 is 2.38 bits per heavy atom. The highest BCUT2D eigenvalue weighted by Crippen LogP contribution is 2.44. The molecule has 16 heavy (non-hydrogen) atoms. The van der Waals surface area contributed by atoms with Gasteiger partial charge >= 0.3 is 0 Å². The van der Waals surface area contributed by atoms with Gasteiger partial charge < -0.3 is 5.73 Å². The molecule has 0 radical (unpaired) electrons. The average molecular weight is 238 g/mol. The maximum atomic E-state index is 6.36. The number of thiazole rings is 1. The van der Waals surface area contributed by atoms with E-state index in [0.29, 0.717) is 11.3 Å². The van der Waals surface area contributed by atoms with E-state index in [1.165, 1.54) is 24.3 Å². The van der Waals surface area contributed by atoms with Gasteiger partial charge in [-0.2, -0.15) is 0 Å². The molecule has 1 aromatic heterocycles. The fourth-order valence-electron chi connectivity index (χ4n) is 2.99. The topological polar surface area (TPSA) is 38.9 Å². The SMILES string of the molecule is Cc1csc(CC(N)C2CCCC2(C)C)n1. The highest BCUT2D eigenvalue weighted by molar-refractivity contribution is 7.09. The normalized spacial score (nSPS) is 25.9. The molecule has 3 heteroatoms. The zero-order chi connectivity index (χ0) is 11.8. The van der Waals surface area contributed by atoms with Crippen LogP contribution < -0.4 is 5.73 Å². The first kappa shape index (κ1) is 12.1. The summed E-state index contributed by atoms with van der Waals surface area (Å²) >= 11 is 1.75. The van der Waals surface area contributed by atoms with Crippen LogP contribution in [0.4, 0.5) is 0 Å². The third-order valence-electron chi connectivity index (χ3n) is 3.93. The Labute approximate surface area is 102 Å². The lowest BCUT2D eigenvalue weighted by Gasteiger charge is -2.31. The number of nitrogens with zero attached hydrogens (tertiary/aromatic N) is 1. The molecule has 1 aromatic rings. The summed E-state index contributed by atoms with van der Waals surface area (Å²) in [5, 5.41) is 3.31. The van der Waals surface area contributed by atoms with Gasteiger partial charge in [-0.3, -0.25) is 0 Å². The molecule has 1 fully saturated rings. The minimum absolute atomic E-state index is 0.281. The molecule has 2 rings (SSSR count). The number of aromatic nitrogens is 1. The van der Waals surface area contributed by atoms with E-state index < -0.39 is 0 Å². The van der Waals surface area contributed by atoms with Crippen LogP contribution in [0.2, 0.25) is 0 Å². The van der Waals surface area contributed by atoms with Crippen molar-refractivity contribution in [3.05, 3.63) is 16.1 Å². The van der Waals surface area contributed by atoms with Crippen LogP contribution in [0.25, 0.3) is 0 Å². The Balaban J connectivity index is 2.00. The second-order valence-electron chi connectivity index (χ2n) is 5.74. The van der Waals surface area contributed by atoms with Crippen molar-refractivity contribution in [1.82, 2.24) is 4.98 Å². The minimum atomic E-state index is 0.281. The number of hydrogen-bond acceptors (Lipinski definition) is 3. The summed E-state index contributed by atoms with van der Waals surface area (Å²) in [6.07, 6.45) is 4.90. The third-order valence-corrected chi connectivity index (χ3v) is 4.92. The van der Waals surface area contributed by atoms with Crippen molar-refractivity contribution < 1.29 is 0 Å². The Morgan fingerprint density at radius 1 is 1.62 bits per heavy atom. The first-order valence-corrected chi connectivity index (χ1v) is 7.03. The Hall–Kier alpha value is -0.410. The van der Waals surface area contributed by atoms with E-state index in [-0.39, 0.29) is 6.04 Å². The smallest absolute Gasteiger partial charge is 0.0943 e. The predicted octanol–water partition coefficient (Wildman–Crippen LogP) is 3.15. The summed E-state index contributed by atoms with van der Waals surface area (Å²) in [4.78, 5) is 4.51. The number of rotatable bonds is 3. The highest BCUT2D eigenvalue weighted by Gasteiger charge is 2.38. The van der Waals surface area contributed by atoms with Gasteiger partial charge in [-0.15, -0.1) is 11.3 Å². The van der Waals surface area contributed by atoms with Gasteiger partial charge in [0.25, 0.3) is 0 Å². The van der Waals surface area contributed by atoms with Crippen molar-refractivity contribution in [3.63, 3.8) is 0 Å². The summed E-state index contributed by atoms with van der Waals surface area (Å²) in [5.41, 5.74) is 7.91. The molecular weight excluding hydrogens is 216 g/mol. The molecule has 0 saturated heterocycles. The quantitative estimate of drug-likeness (QED) is 0.878. The molecule has 2 unspecified atom stereocenters. The molecular formula is C13H22N2S. The Morgan fingerprint density at radius 3 is 2.88 bits per heavy atom. The molecule has 0 aliphatic heterocycles. The molecule has 0 aromatic carbocycles. The van der Waals surface area contributed by atoms with Crippen molar-refractivity contribution in [2.45, 2.75) is 52.5 Å². The standard InChI is InChI=1S/C13H22N2S/c1-9-8-16-12(15-9)7-11(14)10-5-4-6-13(10,2)3/h8,10-11H,4-7,14H2,1-3H3. The van der Waals surface area contributed by atoms with Crippen LogP contribution >= 0.6 is 11.3 Å². The van der Waals surface area contributed by atoms with E-state index >= 15 is 0 Å². The molecule has 0 bridgehead atoms. The molecule has 1 saturated carbocycles. The van der Waals surface area contributed by atoms with Crippen LogP contribution in [0.3, 0.4) is 0 Å². The molecule has 90 valence electrons. The molecule has 2 nitrogen and oxygen atoms in total. The van der Waals surface area contributed by atoms with E-state index in [1.54, 1.807) is 11.3 Å². The number of hydrogen-bond donors (Lipinski definition) is 1. The highest BCUT2D eigenvalue weighted by atomic mass is 32.1. The minimum Gasteiger partial charge on any atom is -0.327 e. The molecule has 2 N–H and O–H groups in total. The average Bonchev–Trinajstić information content (AvgIpc) is 2.72. The Bertz CT molecular complexity index is 357. The van der Waals surface area contributed by atoms with E-state index in [9.17, 15) is 0 Å². The first-order chi connectivity index (χ1) is 7.49. The number of aryl methyl sites for hydroxylation is 1. The summed E-state index contributed by atoms with van der Waals surface area (Å²) in [7, 11) is 0. The van der Waals surface area contributed by atoms with Crippen LogP contribution in [0.15, 0.2) is 5.38 Å². The van der Waals surface area contributed by atoms with Gasteiger partial charge in [-0.25, -0.2) is 4.98 Å². The largest absolute Gasteiger partial charge is 0.327 e. The summed E-state index contributed by atoms with van der Waals surface area (Å²) in [6, 6.07) is 0.281. The third kappa shape index (κ3) is 2.46. The molecule has 1 aliphatic rings. The van der Waals surface area contributed by atoms with Gasteiger partial charge in [0.05, 0.1) is 5.01 Å². The van der Waals surface area contributed by atoms with Gasteiger partial charge in [-0.1, -0.05) is 20.3 Å². The van der Waals surface area contributed by atoms with E-state index in [0.717, 1.165) is 12.1 Å². The summed E-state index contributed by atoms with van der Waals surface area (Å²) in [5.74, 6) is 0.664. The monoisotopic (exact) mass is 238 g/mol. The molecule has 0 amide bonds. The number of nitrogens with two attached hydrogens (primary N) is 1. The second-order valence-corrected chi connectivity index (χ2v) is 6.68. The van der Waals surface area contributed by atoms with E-state index in [1.807, 2.05) is 6.92 Å². The van der Waals surface area contributed by atoms with Gasteiger partial charge in [0, 0.05) is 23.5 Å². The fourth-order valence-corrected chi connectivity index (χ4v) is 3.83. The lowest BCUT2D eigenvalue weighted by Crippen LogP contribution is -2.38. The molecule has 2 atom stereocenters. The van der Waals surface area contributed by atoms with E-state index in [4.69, 9.17) is 5.73 Å². The van der Waals surface area contributed by atoms with Crippen LogP contribution in [0, 0.1) is 18.3 Å². The van der Waals surface area contributed by atoms with Crippen LogP contribution in [-0.2, 0) is 6.42 Å². The van der Waals surface area contributed by atoms with Crippen LogP contribution in [0.1, 0.15) is 43.8 Å². The maximum Gasteiger partial charge on any atom is 0.0943 e. The van der Waals surface area contributed by atoms with Crippen molar-refractivity contribution in [2.24, 2.45) is 17.1 Å². The first-order valence-electron chi connectivity index (χ1n) is 6.15. The van der Waals surface area contributed by atoms with Gasteiger partial charge in [0.15, 0.2) is 0 Å². The zero-order valence-electron chi connectivity index (χ0n) is 10.5. The lowest BCUT2D eigenvalue weighted by molar-refractivity contribution is 0.220. The summed E-state index contributed by atoms with van der Waals surface area (Å²) < 4.78 is 0. The van der Waals surface area contributed by atoms with E-state index in [2.05, 4.69) is 24.2 Å². The molecule has 0 spiro atoms. The summed E-state index contributed by atoms with van der Waals surface area (Å²) in [6.45, 7) is 6.76. The fraction of sp³-hybridized carbons (Fsp3) is 0.769. The second kappa shape index (κ2) is 4.46. The van der Waals surface area contributed by atoms with Crippen molar-refractivity contribution in [2.75, 3.05) is 0 Å². The van der Waals surface area contributed by atoms with Crippen LogP contribution in [-0.4, -0.2) is 11.0 Å². The Kier molecular flexibility index (Phi) is 3.36.